The van der Waals surface area contributed by atoms with E-state index in [-0.39, 0.29) is 41.8 Å². The zero-order chi connectivity index (χ0) is 26.4. The minimum Gasteiger partial charge on any atom is -0.506 e. The summed E-state index contributed by atoms with van der Waals surface area (Å²) in [6.45, 7) is 1.07. The molecule has 0 radical (unpaired) electrons. The average Bonchev–Trinajstić information content (AvgIpc) is 2.91. The molecule has 4 rings (SSSR count). The number of amides is 2. The van der Waals surface area contributed by atoms with Crippen LogP contribution in [0.4, 0.5) is 0 Å². The third-order valence-electron chi connectivity index (χ3n) is 6.42. The number of aliphatic imine (C=N–C) groups is 1. The Balaban J connectivity index is 1.36. The molecule has 1 unspecified atom stereocenters. The molecule has 37 heavy (non-hydrogen) atoms. The van der Waals surface area contributed by atoms with Crippen LogP contribution in [0.5, 0.6) is 11.5 Å². The van der Waals surface area contributed by atoms with Crippen molar-refractivity contribution in [2.45, 2.75) is 19.1 Å². The number of phenolic OH excluding ortho intramolecular Hbond substituents is 1. The second-order valence-electron chi connectivity index (χ2n) is 8.84. The highest BCUT2D eigenvalue weighted by Crippen LogP contribution is 2.28. The zero-order valence-electron chi connectivity index (χ0n) is 20.1. The molecule has 0 aromatic heterocycles. The summed E-state index contributed by atoms with van der Waals surface area (Å²) in [5.74, 6) is 0.0486. The first-order valence-electron chi connectivity index (χ1n) is 12.0. The molecule has 5 N–H and O–H groups in total. The molecule has 1 atom stereocenters. The number of carbonyl (C=O) groups is 2. The summed E-state index contributed by atoms with van der Waals surface area (Å²) in [7, 11) is 0. The lowest BCUT2D eigenvalue weighted by atomic mass is 9.95. The van der Waals surface area contributed by atoms with E-state index in [1.165, 1.54) is 18.2 Å². The topological polar surface area (TPSA) is 137 Å². The number of nitrogens with zero attached hydrogens (tertiary/aromatic N) is 2. The summed E-state index contributed by atoms with van der Waals surface area (Å²) in [5, 5.41) is 23.6. The number of aromatic hydroxyl groups is 1. The van der Waals surface area contributed by atoms with Gasteiger partial charge in [-0.05, 0) is 48.6 Å². The lowest BCUT2D eigenvalue weighted by molar-refractivity contribution is -0.135. The van der Waals surface area contributed by atoms with Gasteiger partial charge in [0.15, 0.2) is 6.61 Å². The van der Waals surface area contributed by atoms with Gasteiger partial charge in [-0.15, -0.1) is 0 Å². The summed E-state index contributed by atoms with van der Waals surface area (Å²) < 4.78 is 5.89. The van der Waals surface area contributed by atoms with Crippen LogP contribution < -0.4 is 15.8 Å². The predicted octanol–water partition coefficient (Wildman–Crippen LogP) is 2.90. The monoisotopic (exact) mass is 524 g/mol. The molecule has 0 spiro atoms. The zero-order valence-corrected chi connectivity index (χ0v) is 20.9. The highest BCUT2D eigenvalue weighted by Gasteiger charge is 2.26. The van der Waals surface area contributed by atoms with E-state index in [0.717, 1.165) is 16.3 Å². The number of likely N-dealkylation sites (tertiary alicyclic amines) is 1. The maximum Gasteiger partial charge on any atom is 0.260 e. The maximum absolute atomic E-state index is 12.6. The van der Waals surface area contributed by atoms with Gasteiger partial charge >= 0.3 is 0 Å². The molecule has 1 aliphatic rings. The first-order chi connectivity index (χ1) is 17.8. The Morgan fingerprint density at radius 1 is 1.16 bits per heavy atom. The van der Waals surface area contributed by atoms with Crippen LogP contribution in [0.25, 0.3) is 10.8 Å². The number of fused-ring (bicyclic) bond motifs is 1. The average molecular weight is 525 g/mol. The lowest BCUT2D eigenvalue weighted by Crippen LogP contribution is -2.44. The minimum atomic E-state index is -0.850. The van der Waals surface area contributed by atoms with E-state index >= 15 is 0 Å². The van der Waals surface area contributed by atoms with E-state index < -0.39 is 6.23 Å². The quantitative estimate of drug-likeness (QED) is 0.264. The number of phenols is 1. The minimum absolute atomic E-state index is 0.0164. The van der Waals surface area contributed by atoms with Crippen LogP contribution in [-0.4, -0.2) is 65.7 Å². The van der Waals surface area contributed by atoms with Crippen molar-refractivity contribution >= 4 is 40.4 Å². The van der Waals surface area contributed by atoms with E-state index in [2.05, 4.69) is 10.3 Å². The maximum atomic E-state index is 12.6. The Kier molecular flexibility index (Phi) is 8.60. The highest BCUT2D eigenvalue weighted by atomic mass is 35.5. The molecule has 0 bridgehead atoms. The number of nitrogens with one attached hydrogen (secondary N) is 1. The van der Waals surface area contributed by atoms with Crippen LogP contribution in [0.1, 0.15) is 28.8 Å². The summed E-state index contributed by atoms with van der Waals surface area (Å²) in [6.07, 6.45) is 2.15. The number of aliphatic hydroxyl groups is 1. The fraction of sp³-hybridized carbons (Fsp3) is 0.296. The van der Waals surface area contributed by atoms with Crippen molar-refractivity contribution in [3.63, 3.8) is 0 Å². The molecule has 194 valence electrons. The lowest BCUT2D eigenvalue weighted by Gasteiger charge is -2.33. The fourth-order valence-electron chi connectivity index (χ4n) is 4.27. The molecule has 9 nitrogen and oxygen atoms in total. The van der Waals surface area contributed by atoms with Crippen molar-refractivity contribution in [1.29, 1.82) is 0 Å². The second-order valence-corrected chi connectivity index (χ2v) is 9.25. The number of aliphatic hydroxyl groups excluding tert-OH is 1. The van der Waals surface area contributed by atoms with E-state index in [4.69, 9.17) is 22.1 Å². The summed E-state index contributed by atoms with van der Waals surface area (Å²) in [6, 6.07) is 15.5. The van der Waals surface area contributed by atoms with Crippen molar-refractivity contribution in [3.8, 4) is 11.5 Å². The number of piperidine rings is 1. The molecule has 10 heteroatoms. The Bertz CT molecular complexity index is 1310. The van der Waals surface area contributed by atoms with E-state index in [0.29, 0.717) is 37.2 Å². The van der Waals surface area contributed by atoms with Crippen molar-refractivity contribution in [2.75, 3.05) is 26.4 Å². The van der Waals surface area contributed by atoms with Gasteiger partial charge in [0.2, 0.25) is 0 Å². The van der Waals surface area contributed by atoms with Gasteiger partial charge in [-0.3, -0.25) is 14.6 Å². The number of hydrogen-bond acceptors (Lipinski definition) is 7. The molecule has 0 aliphatic carbocycles. The Morgan fingerprint density at radius 3 is 2.59 bits per heavy atom. The molecular weight excluding hydrogens is 496 g/mol. The van der Waals surface area contributed by atoms with Crippen LogP contribution in [0, 0.1) is 5.92 Å². The van der Waals surface area contributed by atoms with Crippen LogP contribution >= 0.6 is 11.6 Å². The molecule has 0 saturated carbocycles. The molecule has 1 aliphatic heterocycles. The van der Waals surface area contributed by atoms with Crippen molar-refractivity contribution in [3.05, 3.63) is 70.7 Å². The predicted molar refractivity (Wildman–Crippen MR) is 142 cm³/mol. The van der Waals surface area contributed by atoms with Crippen molar-refractivity contribution in [1.82, 2.24) is 10.2 Å². The van der Waals surface area contributed by atoms with Crippen LogP contribution in [0.2, 0.25) is 5.02 Å². The molecule has 1 saturated heterocycles. The fourth-order valence-corrected chi connectivity index (χ4v) is 4.45. The highest BCUT2D eigenvalue weighted by molar-refractivity contribution is 6.32. The number of hydrogen-bond donors (Lipinski definition) is 4. The number of ether oxygens (including phenoxy) is 1. The number of halogens is 1. The summed E-state index contributed by atoms with van der Waals surface area (Å²) in [5.41, 5.74) is 6.71. The molecule has 3 aromatic carbocycles. The smallest absolute Gasteiger partial charge is 0.260 e. The first-order valence-corrected chi connectivity index (χ1v) is 12.3. The van der Waals surface area contributed by atoms with Crippen LogP contribution in [-0.2, 0) is 4.79 Å². The standard InChI is InChI=1S/C27H29ClN4O5/c28-22-13-18(5-7-23(22)33)27(36)31-16-30-14-19-6-8-24(21-4-2-1-3-20(19)21)37-15-25(34)32-11-9-17(10-12-32)26(29)35/h1-8,13-14,17,26,33,35H,9-12,15-16,29H2,(H,31,36)/b30-14+. The third kappa shape index (κ3) is 6.56. The molecule has 1 fully saturated rings. The Morgan fingerprint density at radius 2 is 1.89 bits per heavy atom. The third-order valence-corrected chi connectivity index (χ3v) is 6.72. The van der Waals surface area contributed by atoms with Gasteiger partial charge in [-0.2, -0.15) is 0 Å². The first kappa shape index (κ1) is 26.4. The van der Waals surface area contributed by atoms with Crippen LogP contribution in [0.3, 0.4) is 0 Å². The van der Waals surface area contributed by atoms with Gasteiger partial charge in [0.25, 0.3) is 11.8 Å². The van der Waals surface area contributed by atoms with Crippen molar-refractivity contribution in [2.24, 2.45) is 16.6 Å². The molecule has 1 heterocycles. The van der Waals surface area contributed by atoms with E-state index in [1.807, 2.05) is 30.3 Å². The summed E-state index contributed by atoms with van der Waals surface area (Å²) >= 11 is 5.86. The normalized spacial score (nSPS) is 15.2. The van der Waals surface area contributed by atoms with Gasteiger partial charge < -0.3 is 30.9 Å². The molecular formula is C27H29ClN4O5. The Hall–Kier alpha value is -3.66. The Labute approximate surface area is 219 Å². The van der Waals surface area contributed by atoms with Crippen LogP contribution in [0.15, 0.2) is 59.6 Å². The van der Waals surface area contributed by atoms with E-state index in [1.54, 1.807) is 17.2 Å². The van der Waals surface area contributed by atoms with Gasteiger partial charge in [-0.1, -0.05) is 35.9 Å². The number of rotatable bonds is 8. The molecule has 3 aromatic rings. The van der Waals surface area contributed by atoms with Gasteiger partial charge in [0.1, 0.15) is 24.4 Å². The van der Waals surface area contributed by atoms with E-state index in [9.17, 15) is 19.8 Å². The summed E-state index contributed by atoms with van der Waals surface area (Å²) in [4.78, 5) is 31.0. The largest absolute Gasteiger partial charge is 0.506 e. The SMILES string of the molecule is NC(O)C1CCN(C(=O)COc2ccc(/C=N/CNC(=O)c3ccc(O)c(Cl)c3)c3ccccc23)CC1. The van der Waals surface area contributed by atoms with Gasteiger partial charge in [0, 0.05) is 41.7 Å². The molecule has 2 amide bonds. The van der Waals surface area contributed by atoms with Gasteiger partial charge in [-0.25, -0.2) is 0 Å². The number of benzene rings is 3. The number of nitrogens with two attached hydrogens (primary N) is 1. The number of carbonyl (C=O) groups excluding carboxylic acids is 2. The second kappa shape index (κ2) is 12.1. The van der Waals surface area contributed by atoms with Crippen molar-refractivity contribution < 1.29 is 24.5 Å². The van der Waals surface area contributed by atoms with Gasteiger partial charge in [0.05, 0.1) is 5.02 Å².